The highest BCUT2D eigenvalue weighted by Crippen LogP contribution is 2.29. The highest BCUT2D eigenvalue weighted by atomic mass is 35.5. The number of aliphatic carboxylic acids is 1. The lowest BCUT2D eigenvalue weighted by molar-refractivity contribution is -0.137. The zero-order valence-corrected chi connectivity index (χ0v) is 13.9. The van der Waals surface area contributed by atoms with E-state index in [0.29, 0.717) is 23.7 Å². The fraction of sp³-hybridized carbons (Fsp3) is 0.412. The molecule has 2 N–H and O–H groups in total. The van der Waals surface area contributed by atoms with Gasteiger partial charge in [-0.05, 0) is 18.9 Å². The van der Waals surface area contributed by atoms with Gasteiger partial charge in [0, 0.05) is 30.9 Å². The number of hydrogen-bond donors (Lipinski definition) is 2. The number of unbranched alkanes of at least 4 members (excludes halogenated alkanes) is 3. The summed E-state index contributed by atoms with van der Waals surface area (Å²) in [6.45, 7) is 0.559. The van der Waals surface area contributed by atoms with Crippen molar-refractivity contribution in [3.8, 4) is 0 Å². The van der Waals surface area contributed by atoms with E-state index in [-0.39, 0.29) is 12.3 Å². The Morgan fingerprint density at radius 3 is 2.57 bits per heavy atom. The van der Waals surface area contributed by atoms with Crippen LogP contribution in [0.25, 0.3) is 10.9 Å². The zero-order valence-electron chi connectivity index (χ0n) is 13.1. The van der Waals surface area contributed by atoms with Crippen LogP contribution in [0.15, 0.2) is 24.3 Å². The number of amides is 1. The van der Waals surface area contributed by atoms with Crippen molar-refractivity contribution in [3.05, 3.63) is 35.0 Å². The van der Waals surface area contributed by atoms with Gasteiger partial charge in [-0.15, -0.1) is 0 Å². The van der Waals surface area contributed by atoms with Crippen molar-refractivity contribution in [2.45, 2.75) is 32.1 Å². The third kappa shape index (κ3) is 4.26. The van der Waals surface area contributed by atoms with Crippen LogP contribution in [0.1, 0.15) is 42.6 Å². The van der Waals surface area contributed by atoms with Crippen LogP contribution >= 0.6 is 11.6 Å². The molecule has 1 aromatic carbocycles. The molecule has 0 saturated carbocycles. The van der Waals surface area contributed by atoms with Gasteiger partial charge in [0.2, 0.25) is 0 Å². The van der Waals surface area contributed by atoms with E-state index < -0.39 is 5.97 Å². The molecule has 6 heteroatoms. The van der Waals surface area contributed by atoms with Gasteiger partial charge in [0.1, 0.15) is 5.69 Å². The third-order valence-electron chi connectivity index (χ3n) is 3.86. The molecule has 1 aromatic heterocycles. The Bertz CT molecular complexity index is 670. The molecule has 0 aliphatic heterocycles. The Balaban J connectivity index is 1.86. The Labute approximate surface area is 140 Å². The maximum Gasteiger partial charge on any atom is 0.303 e. The average Bonchev–Trinajstić information content (AvgIpc) is 2.78. The average molecular weight is 337 g/mol. The van der Waals surface area contributed by atoms with Gasteiger partial charge in [-0.1, -0.05) is 42.6 Å². The van der Waals surface area contributed by atoms with Crippen molar-refractivity contribution < 1.29 is 14.7 Å². The van der Waals surface area contributed by atoms with Crippen molar-refractivity contribution in [1.29, 1.82) is 0 Å². The van der Waals surface area contributed by atoms with Gasteiger partial charge in [0.25, 0.3) is 5.91 Å². The van der Waals surface area contributed by atoms with E-state index in [4.69, 9.17) is 16.7 Å². The van der Waals surface area contributed by atoms with Crippen LogP contribution in [0.5, 0.6) is 0 Å². The predicted molar refractivity (Wildman–Crippen MR) is 91.0 cm³/mol. The maximum atomic E-state index is 12.3. The predicted octanol–water partition coefficient (Wildman–Crippen LogP) is 3.60. The lowest BCUT2D eigenvalue weighted by Crippen LogP contribution is -2.26. The van der Waals surface area contributed by atoms with Crippen LogP contribution in [-0.4, -0.2) is 28.1 Å². The molecule has 0 aliphatic rings. The van der Waals surface area contributed by atoms with Gasteiger partial charge in [-0.3, -0.25) is 9.59 Å². The molecule has 2 aromatic rings. The van der Waals surface area contributed by atoms with Crippen molar-refractivity contribution in [2.75, 3.05) is 6.54 Å². The van der Waals surface area contributed by atoms with Gasteiger partial charge in [-0.25, -0.2) is 0 Å². The highest BCUT2D eigenvalue weighted by molar-refractivity contribution is 6.38. The first kappa shape index (κ1) is 17.3. The number of hydrogen-bond acceptors (Lipinski definition) is 2. The van der Waals surface area contributed by atoms with Crippen molar-refractivity contribution >= 4 is 34.4 Å². The molecule has 0 saturated heterocycles. The van der Waals surface area contributed by atoms with E-state index in [1.54, 1.807) is 4.57 Å². The number of benzene rings is 1. The lowest BCUT2D eigenvalue weighted by atomic mass is 10.1. The standard InChI is InChI=1S/C17H21ClN2O3/c1-20-13-9-6-5-8-12(13)15(18)16(20)17(23)19-11-7-3-2-4-10-14(21)22/h5-6,8-9H,2-4,7,10-11H2,1H3,(H,19,23)(H,21,22). The van der Waals surface area contributed by atoms with Crippen molar-refractivity contribution in [3.63, 3.8) is 0 Å². The summed E-state index contributed by atoms with van der Waals surface area (Å²) in [7, 11) is 1.83. The number of fused-ring (bicyclic) bond motifs is 1. The Kier molecular flexibility index (Phi) is 6.04. The van der Waals surface area contributed by atoms with Crippen LogP contribution in [-0.2, 0) is 11.8 Å². The van der Waals surface area contributed by atoms with Gasteiger partial charge in [-0.2, -0.15) is 0 Å². The number of nitrogens with one attached hydrogen (secondary N) is 1. The monoisotopic (exact) mass is 336 g/mol. The second-order valence-electron chi connectivity index (χ2n) is 5.55. The summed E-state index contributed by atoms with van der Waals surface area (Å²) in [5.74, 6) is -0.942. The van der Waals surface area contributed by atoms with Gasteiger partial charge < -0.3 is 15.0 Å². The first-order valence-corrected chi connectivity index (χ1v) is 8.13. The molecule has 5 nitrogen and oxygen atoms in total. The number of carbonyl (C=O) groups is 2. The molecule has 2 rings (SSSR count). The Hall–Kier alpha value is -2.01. The number of nitrogens with zero attached hydrogens (tertiary/aromatic N) is 1. The van der Waals surface area contributed by atoms with Crippen molar-refractivity contribution in [2.24, 2.45) is 7.05 Å². The summed E-state index contributed by atoms with van der Waals surface area (Å²) < 4.78 is 1.81. The number of aryl methyl sites for hydroxylation is 1. The molecule has 0 fully saturated rings. The van der Waals surface area contributed by atoms with Gasteiger partial charge in [0.05, 0.1) is 5.02 Å². The smallest absolute Gasteiger partial charge is 0.303 e. The van der Waals surface area contributed by atoms with Crippen LogP contribution in [0.3, 0.4) is 0 Å². The number of carbonyl (C=O) groups excluding carboxylic acids is 1. The summed E-state index contributed by atoms with van der Waals surface area (Å²) in [5.41, 5.74) is 1.40. The van der Waals surface area contributed by atoms with Gasteiger partial charge in [0.15, 0.2) is 0 Å². The fourth-order valence-electron chi connectivity index (χ4n) is 2.64. The molecule has 0 radical (unpaired) electrons. The number of rotatable bonds is 8. The Morgan fingerprint density at radius 1 is 1.17 bits per heavy atom. The summed E-state index contributed by atoms with van der Waals surface area (Å²) in [5, 5.41) is 12.8. The molecule has 0 bridgehead atoms. The SMILES string of the molecule is Cn1c(C(=O)NCCCCCCC(=O)O)c(Cl)c2ccccc21. The van der Waals surface area contributed by atoms with E-state index in [1.807, 2.05) is 31.3 Å². The topological polar surface area (TPSA) is 71.3 Å². The van der Waals surface area contributed by atoms with E-state index >= 15 is 0 Å². The molecule has 124 valence electrons. The first-order valence-electron chi connectivity index (χ1n) is 7.75. The number of carboxylic acid groups (broad SMARTS) is 1. The number of aromatic nitrogens is 1. The van der Waals surface area contributed by atoms with E-state index in [9.17, 15) is 9.59 Å². The van der Waals surface area contributed by atoms with E-state index in [2.05, 4.69) is 5.32 Å². The minimum Gasteiger partial charge on any atom is -0.481 e. The molecule has 0 aliphatic carbocycles. The largest absolute Gasteiger partial charge is 0.481 e. The Morgan fingerprint density at radius 2 is 1.87 bits per heavy atom. The fourth-order valence-corrected chi connectivity index (χ4v) is 3.01. The first-order chi connectivity index (χ1) is 11.0. The molecule has 1 heterocycles. The minimum absolute atomic E-state index is 0.181. The second-order valence-corrected chi connectivity index (χ2v) is 5.93. The number of para-hydroxylation sites is 1. The molecule has 0 unspecified atom stereocenters. The molecule has 1 amide bonds. The molecular formula is C17H21ClN2O3. The summed E-state index contributed by atoms with van der Waals surface area (Å²) in [6.07, 6.45) is 3.47. The van der Waals surface area contributed by atoms with Crippen LogP contribution in [0, 0.1) is 0 Å². The minimum atomic E-state index is -0.760. The summed E-state index contributed by atoms with van der Waals surface area (Å²) in [6, 6.07) is 7.64. The van der Waals surface area contributed by atoms with Gasteiger partial charge >= 0.3 is 5.97 Å². The summed E-state index contributed by atoms with van der Waals surface area (Å²) >= 11 is 6.33. The highest BCUT2D eigenvalue weighted by Gasteiger charge is 2.18. The number of carboxylic acids is 1. The lowest BCUT2D eigenvalue weighted by Gasteiger charge is -2.07. The second kappa shape index (κ2) is 8.02. The van der Waals surface area contributed by atoms with Crippen LogP contribution in [0.2, 0.25) is 5.02 Å². The van der Waals surface area contributed by atoms with E-state index in [0.717, 1.165) is 30.2 Å². The van der Waals surface area contributed by atoms with Crippen LogP contribution < -0.4 is 5.32 Å². The molecule has 0 atom stereocenters. The molecule has 0 spiro atoms. The quantitative estimate of drug-likeness (QED) is 0.723. The maximum absolute atomic E-state index is 12.3. The zero-order chi connectivity index (χ0) is 16.8. The van der Waals surface area contributed by atoms with Crippen molar-refractivity contribution in [1.82, 2.24) is 9.88 Å². The molecule has 23 heavy (non-hydrogen) atoms. The normalized spacial score (nSPS) is 10.9. The van der Waals surface area contributed by atoms with Crippen LogP contribution in [0.4, 0.5) is 0 Å². The number of halogens is 1. The molecular weight excluding hydrogens is 316 g/mol. The third-order valence-corrected chi connectivity index (χ3v) is 4.25. The summed E-state index contributed by atoms with van der Waals surface area (Å²) in [4.78, 5) is 22.7. The van der Waals surface area contributed by atoms with E-state index in [1.165, 1.54) is 0 Å².